The molecule has 0 aliphatic carbocycles. The molecular formula is C12H20N2O4. The number of hydrogen-bond acceptors (Lipinski definition) is 3. The van der Waals surface area contributed by atoms with Gasteiger partial charge in [0.1, 0.15) is 6.04 Å². The van der Waals surface area contributed by atoms with Crippen molar-refractivity contribution in [3.05, 3.63) is 0 Å². The number of hydrogen-bond donors (Lipinski definition) is 2. The van der Waals surface area contributed by atoms with Crippen molar-refractivity contribution >= 4 is 17.8 Å². The molecule has 1 atom stereocenters. The molecule has 2 N–H and O–H groups in total. The summed E-state index contributed by atoms with van der Waals surface area (Å²) in [7, 11) is 1.57. The lowest BCUT2D eigenvalue weighted by Crippen LogP contribution is -2.44. The second-order valence-electron chi connectivity index (χ2n) is 4.46. The molecule has 0 aromatic rings. The third kappa shape index (κ3) is 4.01. The van der Waals surface area contributed by atoms with Crippen molar-refractivity contribution in [2.45, 2.75) is 44.6 Å². The van der Waals surface area contributed by atoms with Gasteiger partial charge in [-0.25, -0.2) is 0 Å². The standard InChI is InChI=1S/C12H20N2O4/c1-13-12(18)9-5-4-8-14(9)10(15)6-2-3-7-11(16)17/h9H,2-8H2,1H3,(H,13,18)(H,16,17). The molecule has 1 unspecified atom stereocenters. The number of rotatable bonds is 6. The van der Waals surface area contributed by atoms with Gasteiger partial charge in [-0.15, -0.1) is 0 Å². The molecule has 0 bridgehead atoms. The molecule has 18 heavy (non-hydrogen) atoms. The van der Waals surface area contributed by atoms with Crippen LogP contribution in [-0.2, 0) is 14.4 Å². The number of nitrogens with zero attached hydrogens (tertiary/aromatic N) is 1. The molecule has 0 saturated carbocycles. The van der Waals surface area contributed by atoms with Crippen molar-refractivity contribution in [2.75, 3.05) is 13.6 Å². The Morgan fingerprint density at radius 2 is 1.94 bits per heavy atom. The van der Waals surface area contributed by atoms with E-state index < -0.39 is 5.97 Å². The number of carbonyl (C=O) groups is 3. The average molecular weight is 256 g/mol. The van der Waals surface area contributed by atoms with Gasteiger partial charge in [0.25, 0.3) is 0 Å². The summed E-state index contributed by atoms with van der Waals surface area (Å²) in [5, 5.41) is 11.1. The smallest absolute Gasteiger partial charge is 0.303 e. The fraction of sp³-hybridized carbons (Fsp3) is 0.750. The van der Waals surface area contributed by atoms with Gasteiger partial charge in [-0.1, -0.05) is 0 Å². The first-order valence-corrected chi connectivity index (χ1v) is 6.29. The highest BCUT2D eigenvalue weighted by molar-refractivity contribution is 5.88. The summed E-state index contributed by atoms with van der Waals surface area (Å²) in [6.07, 6.45) is 3.02. The Balaban J connectivity index is 2.36. The van der Waals surface area contributed by atoms with Crippen molar-refractivity contribution in [3.8, 4) is 0 Å². The minimum absolute atomic E-state index is 0.0495. The molecule has 6 nitrogen and oxygen atoms in total. The zero-order valence-electron chi connectivity index (χ0n) is 10.6. The minimum atomic E-state index is -0.841. The number of carboxylic acid groups (broad SMARTS) is 1. The van der Waals surface area contributed by atoms with Crippen LogP contribution in [0.1, 0.15) is 38.5 Å². The first-order valence-electron chi connectivity index (χ1n) is 6.29. The van der Waals surface area contributed by atoms with E-state index in [2.05, 4.69) is 5.32 Å². The third-order valence-corrected chi connectivity index (χ3v) is 3.15. The molecule has 1 aliphatic heterocycles. The summed E-state index contributed by atoms with van der Waals surface area (Å²) >= 11 is 0. The highest BCUT2D eigenvalue weighted by Gasteiger charge is 2.32. The van der Waals surface area contributed by atoms with Crippen LogP contribution in [0.25, 0.3) is 0 Å². The van der Waals surface area contributed by atoms with Gasteiger partial charge in [-0.2, -0.15) is 0 Å². The van der Waals surface area contributed by atoms with Gasteiger partial charge in [0.15, 0.2) is 0 Å². The van der Waals surface area contributed by atoms with Gasteiger partial charge in [0.2, 0.25) is 11.8 Å². The number of amides is 2. The zero-order valence-corrected chi connectivity index (χ0v) is 10.6. The number of likely N-dealkylation sites (tertiary alicyclic amines) is 1. The van der Waals surface area contributed by atoms with Crippen molar-refractivity contribution in [2.24, 2.45) is 0 Å². The predicted octanol–water partition coefficient (Wildman–Crippen LogP) is 0.368. The minimum Gasteiger partial charge on any atom is -0.481 e. The fourth-order valence-electron chi connectivity index (χ4n) is 2.20. The third-order valence-electron chi connectivity index (χ3n) is 3.15. The highest BCUT2D eigenvalue weighted by Crippen LogP contribution is 2.19. The summed E-state index contributed by atoms with van der Waals surface area (Å²) in [4.78, 5) is 35.4. The molecule has 1 fully saturated rings. The van der Waals surface area contributed by atoms with Crippen LogP contribution in [0.3, 0.4) is 0 Å². The van der Waals surface area contributed by atoms with Gasteiger partial charge in [0.05, 0.1) is 0 Å². The normalized spacial score (nSPS) is 18.7. The molecule has 1 heterocycles. The van der Waals surface area contributed by atoms with Crippen LogP contribution in [0.15, 0.2) is 0 Å². The van der Waals surface area contributed by atoms with Gasteiger partial charge in [-0.05, 0) is 25.7 Å². The SMILES string of the molecule is CNC(=O)C1CCCN1C(=O)CCCCC(=O)O. The summed E-state index contributed by atoms with van der Waals surface area (Å²) in [6.45, 7) is 0.621. The first-order chi connectivity index (χ1) is 8.56. The Morgan fingerprint density at radius 3 is 2.56 bits per heavy atom. The lowest BCUT2D eigenvalue weighted by molar-refractivity contribution is -0.139. The summed E-state index contributed by atoms with van der Waals surface area (Å²) < 4.78 is 0. The number of likely N-dealkylation sites (N-methyl/N-ethyl adjacent to an activating group) is 1. The average Bonchev–Trinajstić information content (AvgIpc) is 2.82. The van der Waals surface area contributed by atoms with Gasteiger partial charge < -0.3 is 15.3 Å². The monoisotopic (exact) mass is 256 g/mol. The Labute approximate surface area is 106 Å². The van der Waals surface area contributed by atoms with E-state index in [0.29, 0.717) is 32.2 Å². The van der Waals surface area contributed by atoms with E-state index in [0.717, 1.165) is 6.42 Å². The van der Waals surface area contributed by atoms with E-state index in [-0.39, 0.29) is 24.3 Å². The maximum Gasteiger partial charge on any atom is 0.303 e. The van der Waals surface area contributed by atoms with E-state index in [1.54, 1.807) is 11.9 Å². The molecule has 0 aromatic heterocycles. The molecule has 102 valence electrons. The lowest BCUT2D eigenvalue weighted by atomic mass is 10.1. The molecular weight excluding hydrogens is 236 g/mol. The van der Waals surface area contributed by atoms with Crippen LogP contribution in [0.5, 0.6) is 0 Å². The fourth-order valence-corrected chi connectivity index (χ4v) is 2.20. The number of aliphatic carboxylic acids is 1. The second-order valence-corrected chi connectivity index (χ2v) is 4.46. The topological polar surface area (TPSA) is 86.7 Å². The van der Waals surface area contributed by atoms with E-state index in [1.165, 1.54) is 0 Å². The first kappa shape index (κ1) is 14.5. The summed E-state index contributed by atoms with van der Waals surface area (Å²) in [5.41, 5.74) is 0. The number of carbonyl (C=O) groups excluding carboxylic acids is 2. The Bertz CT molecular complexity index is 330. The number of carboxylic acids is 1. The Morgan fingerprint density at radius 1 is 1.28 bits per heavy atom. The predicted molar refractivity (Wildman–Crippen MR) is 64.9 cm³/mol. The molecule has 1 aliphatic rings. The molecule has 2 amide bonds. The summed E-state index contributed by atoms with van der Waals surface area (Å²) in [6, 6.07) is -0.345. The molecule has 0 radical (unpaired) electrons. The van der Waals surface area contributed by atoms with Crippen molar-refractivity contribution in [1.82, 2.24) is 10.2 Å². The Kier molecular flexibility index (Phi) is 5.61. The van der Waals surface area contributed by atoms with E-state index >= 15 is 0 Å². The zero-order chi connectivity index (χ0) is 13.5. The second kappa shape index (κ2) is 6.98. The van der Waals surface area contributed by atoms with Crippen LogP contribution in [0, 0.1) is 0 Å². The van der Waals surface area contributed by atoms with Crippen molar-refractivity contribution in [3.63, 3.8) is 0 Å². The van der Waals surface area contributed by atoms with Crippen LogP contribution < -0.4 is 5.32 Å². The Hall–Kier alpha value is -1.59. The van der Waals surface area contributed by atoms with Crippen LogP contribution in [0.4, 0.5) is 0 Å². The maximum absolute atomic E-state index is 11.9. The van der Waals surface area contributed by atoms with E-state index in [1.807, 2.05) is 0 Å². The van der Waals surface area contributed by atoms with Crippen LogP contribution >= 0.6 is 0 Å². The number of unbranched alkanes of at least 4 members (excludes halogenated alkanes) is 1. The molecule has 1 saturated heterocycles. The number of nitrogens with one attached hydrogen (secondary N) is 1. The van der Waals surface area contributed by atoms with Crippen LogP contribution in [0.2, 0.25) is 0 Å². The molecule has 6 heteroatoms. The summed E-state index contributed by atoms with van der Waals surface area (Å²) in [5.74, 6) is -1.01. The van der Waals surface area contributed by atoms with Crippen molar-refractivity contribution < 1.29 is 19.5 Å². The largest absolute Gasteiger partial charge is 0.481 e. The van der Waals surface area contributed by atoms with Gasteiger partial charge >= 0.3 is 5.97 Å². The maximum atomic E-state index is 11.9. The molecule has 0 aromatic carbocycles. The molecule has 0 spiro atoms. The van der Waals surface area contributed by atoms with E-state index in [4.69, 9.17) is 5.11 Å². The van der Waals surface area contributed by atoms with Gasteiger partial charge in [0, 0.05) is 26.4 Å². The van der Waals surface area contributed by atoms with E-state index in [9.17, 15) is 14.4 Å². The van der Waals surface area contributed by atoms with Gasteiger partial charge in [-0.3, -0.25) is 14.4 Å². The lowest BCUT2D eigenvalue weighted by Gasteiger charge is -2.23. The van der Waals surface area contributed by atoms with Crippen molar-refractivity contribution in [1.29, 1.82) is 0 Å². The highest BCUT2D eigenvalue weighted by atomic mass is 16.4. The quantitative estimate of drug-likeness (QED) is 0.672. The molecule has 1 rings (SSSR count). The van der Waals surface area contributed by atoms with Crippen LogP contribution in [-0.4, -0.2) is 47.4 Å².